The van der Waals surface area contributed by atoms with Crippen molar-refractivity contribution in [3.63, 3.8) is 0 Å². The van der Waals surface area contributed by atoms with Gasteiger partial charge < -0.3 is 0 Å². The van der Waals surface area contributed by atoms with Gasteiger partial charge in [0.15, 0.2) is 0 Å². The van der Waals surface area contributed by atoms with Gasteiger partial charge in [-0.15, -0.1) is 0 Å². The molecule has 0 amide bonds. The van der Waals surface area contributed by atoms with Gasteiger partial charge in [0, 0.05) is 5.48 Å². The van der Waals surface area contributed by atoms with E-state index < -0.39 is 40.0 Å². The Bertz CT molecular complexity index is 371. The highest BCUT2D eigenvalue weighted by Crippen LogP contribution is 2.31. The minimum atomic E-state index is -3.64. The second kappa shape index (κ2) is 3.60. The molecule has 0 aromatic carbocycles. The van der Waals surface area contributed by atoms with Gasteiger partial charge in [0.05, 0.1) is 11.5 Å². The van der Waals surface area contributed by atoms with Crippen LogP contribution in [0.25, 0.3) is 0 Å². The third-order valence-electron chi connectivity index (χ3n) is 1.92. The lowest BCUT2D eigenvalue weighted by molar-refractivity contribution is 0.278. The van der Waals surface area contributed by atoms with E-state index in [0.29, 0.717) is 6.42 Å². The quantitative estimate of drug-likeness (QED) is 0.662. The van der Waals surface area contributed by atoms with E-state index in [4.69, 9.17) is 5.48 Å². The molecule has 0 atom stereocenters. The van der Waals surface area contributed by atoms with Crippen molar-refractivity contribution in [1.82, 2.24) is 0 Å². The molecule has 0 spiro atoms. The van der Waals surface area contributed by atoms with E-state index in [2.05, 4.69) is 0 Å². The first-order chi connectivity index (χ1) is 7.25. The zero-order chi connectivity index (χ0) is 13.7. The Hall–Kier alpha value is -0.0500. The third kappa shape index (κ3) is 4.12. The Labute approximate surface area is 87.3 Å². The molecule has 1 fully saturated rings. The molecule has 13 heavy (non-hydrogen) atoms. The molecule has 2 nitrogen and oxygen atoms in total. The minimum Gasteiger partial charge on any atom is -0.229 e. The highest BCUT2D eigenvalue weighted by molar-refractivity contribution is 7.91. The van der Waals surface area contributed by atoms with Gasteiger partial charge in [-0.3, -0.25) is 0 Å². The summed E-state index contributed by atoms with van der Waals surface area (Å²) in [5.74, 6) is -2.01. The minimum absolute atomic E-state index is 0.230. The lowest BCUT2D eigenvalue weighted by Crippen LogP contribution is -2.26. The van der Waals surface area contributed by atoms with Crippen LogP contribution in [0, 0.1) is 11.3 Å². The Kier molecular flexibility index (Phi) is 1.78. The van der Waals surface area contributed by atoms with Crippen LogP contribution >= 0.6 is 0 Å². The zero-order valence-corrected chi connectivity index (χ0v) is 9.24. The molecule has 0 aromatic heterocycles. The molecule has 1 saturated heterocycles. The van der Waals surface area contributed by atoms with Crippen LogP contribution < -0.4 is 0 Å². The lowest BCUT2D eigenvalue weighted by Gasteiger charge is -2.28. The van der Waals surface area contributed by atoms with Gasteiger partial charge in [0.25, 0.3) is 0 Å². The number of rotatable bonds is 1. The fraction of sp³-hybridized carbons (Fsp3) is 1.00. The molecule has 0 aliphatic carbocycles. The average molecular weight is 208 g/mol. The van der Waals surface area contributed by atoms with Crippen LogP contribution in [0.1, 0.15) is 45.4 Å². The largest absolute Gasteiger partial charge is 0.229 e. The van der Waals surface area contributed by atoms with E-state index in [1.165, 1.54) is 0 Å². The lowest BCUT2D eigenvalue weighted by atomic mass is 9.82. The van der Waals surface area contributed by atoms with E-state index >= 15 is 0 Å². The molecule has 1 aliphatic rings. The summed E-state index contributed by atoms with van der Waals surface area (Å²) in [6, 6.07) is 0. The first kappa shape index (κ1) is 6.44. The predicted molar refractivity (Wildman–Crippen MR) is 55.4 cm³/mol. The molecular weight excluding hydrogens is 184 g/mol. The maximum Gasteiger partial charge on any atom is 0.150 e. The van der Waals surface area contributed by atoms with Crippen LogP contribution in [0.4, 0.5) is 0 Å². The van der Waals surface area contributed by atoms with Crippen molar-refractivity contribution >= 4 is 9.84 Å². The van der Waals surface area contributed by atoms with Crippen molar-refractivity contribution in [3.05, 3.63) is 0 Å². The summed E-state index contributed by atoms with van der Waals surface area (Å²) in [6.45, 7) is 5.72. The normalized spacial score (nSPS) is 36.8. The van der Waals surface area contributed by atoms with Crippen molar-refractivity contribution in [3.8, 4) is 0 Å². The Morgan fingerprint density at radius 1 is 1.31 bits per heavy atom. The SMILES string of the molecule is [2H]C1([2H])CS(=O)(=O)CC([2H])([2H])C1CC(C)(C)C. The van der Waals surface area contributed by atoms with Gasteiger partial charge >= 0.3 is 0 Å². The summed E-state index contributed by atoms with van der Waals surface area (Å²) in [7, 11) is -3.64. The first-order valence-corrected chi connectivity index (χ1v) is 6.28. The summed E-state index contributed by atoms with van der Waals surface area (Å²) in [6.07, 6.45) is -3.65. The molecule has 0 radical (unpaired) electrons. The van der Waals surface area contributed by atoms with E-state index in [1.807, 2.05) is 20.8 Å². The summed E-state index contributed by atoms with van der Waals surface area (Å²) >= 11 is 0. The highest BCUT2D eigenvalue weighted by Gasteiger charge is 2.26. The van der Waals surface area contributed by atoms with E-state index in [1.54, 1.807) is 0 Å². The van der Waals surface area contributed by atoms with Crippen molar-refractivity contribution in [2.45, 2.75) is 39.9 Å². The second-order valence-corrected chi connectivity index (χ2v) is 6.82. The average Bonchev–Trinajstić information content (AvgIpc) is 1.90. The topological polar surface area (TPSA) is 34.1 Å². The molecule has 1 aliphatic heterocycles. The molecule has 1 rings (SSSR count). The Balaban J connectivity index is 3.10. The molecule has 3 heteroatoms. The van der Waals surface area contributed by atoms with Crippen molar-refractivity contribution in [1.29, 1.82) is 0 Å². The van der Waals surface area contributed by atoms with Crippen molar-refractivity contribution in [2.75, 3.05) is 11.5 Å². The maximum absolute atomic E-state index is 11.5. The smallest absolute Gasteiger partial charge is 0.150 e. The van der Waals surface area contributed by atoms with Gasteiger partial charge in [0.2, 0.25) is 0 Å². The zero-order valence-electron chi connectivity index (χ0n) is 12.4. The standard InChI is InChI=1S/C10H20O2S/c1-10(2,3)8-9-4-6-13(11,12)7-5-9/h9H,4-8H2,1-3H3/i4D2,5D2. The third-order valence-corrected chi connectivity index (χ3v) is 3.13. The van der Waals surface area contributed by atoms with Crippen LogP contribution in [0.2, 0.25) is 0 Å². The number of hydrogen-bond acceptors (Lipinski definition) is 2. The molecule has 0 bridgehead atoms. The van der Waals surface area contributed by atoms with Crippen LogP contribution in [0.5, 0.6) is 0 Å². The van der Waals surface area contributed by atoms with Gasteiger partial charge in [-0.25, -0.2) is 8.42 Å². The molecule has 1 heterocycles. The number of hydrogen-bond donors (Lipinski definition) is 0. The first-order valence-electron chi connectivity index (χ1n) is 6.46. The number of sulfone groups is 1. The molecule has 78 valence electrons. The summed E-state index contributed by atoms with van der Waals surface area (Å²) in [4.78, 5) is 0. The molecule has 0 saturated carbocycles. The van der Waals surface area contributed by atoms with E-state index in [-0.39, 0.29) is 5.41 Å². The predicted octanol–water partition coefficient (Wildman–Crippen LogP) is 2.25. The molecule has 0 N–H and O–H groups in total. The summed E-state index contributed by atoms with van der Waals surface area (Å²) in [5, 5.41) is 0. The van der Waals surface area contributed by atoms with Crippen LogP contribution in [0.15, 0.2) is 0 Å². The summed E-state index contributed by atoms with van der Waals surface area (Å²) < 4.78 is 54.3. The molecule has 0 aromatic rings. The fourth-order valence-corrected chi connectivity index (χ4v) is 2.35. The van der Waals surface area contributed by atoms with Gasteiger partial charge in [-0.05, 0) is 30.5 Å². The fourth-order valence-electron chi connectivity index (χ4n) is 1.34. The van der Waals surface area contributed by atoms with E-state index in [0.717, 1.165) is 0 Å². The Morgan fingerprint density at radius 2 is 1.77 bits per heavy atom. The van der Waals surface area contributed by atoms with Crippen molar-refractivity contribution in [2.24, 2.45) is 11.3 Å². The highest BCUT2D eigenvalue weighted by atomic mass is 32.2. The maximum atomic E-state index is 11.5. The van der Waals surface area contributed by atoms with Gasteiger partial charge in [-0.2, -0.15) is 0 Å². The summed E-state index contributed by atoms with van der Waals surface area (Å²) in [5.41, 5.74) is -0.230. The van der Waals surface area contributed by atoms with Gasteiger partial charge in [-0.1, -0.05) is 20.8 Å². The monoisotopic (exact) mass is 208 g/mol. The second-order valence-electron chi connectivity index (χ2n) is 4.76. The van der Waals surface area contributed by atoms with Crippen LogP contribution in [-0.2, 0) is 9.84 Å². The molecular formula is C10H20O2S. The Morgan fingerprint density at radius 3 is 2.15 bits per heavy atom. The molecule has 0 unspecified atom stereocenters. The van der Waals surface area contributed by atoms with Crippen LogP contribution in [-0.4, -0.2) is 19.9 Å². The van der Waals surface area contributed by atoms with Gasteiger partial charge in [0.1, 0.15) is 9.84 Å². The van der Waals surface area contributed by atoms with Crippen molar-refractivity contribution < 1.29 is 13.9 Å². The van der Waals surface area contributed by atoms with E-state index in [9.17, 15) is 8.42 Å². The van der Waals surface area contributed by atoms with Crippen LogP contribution in [0.3, 0.4) is 0 Å².